The van der Waals surface area contributed by atoms with Crippen LogP contribution in [0.4, 0.5) is 22.0 Å². The number of rotatable bonds is 3. The van der Waals surface area contributed by atoms with E-state index < -0.39 is 23.8 Å². The number of likely N-dealkylation sites (tertiary alicyclic amines) is 1. The molecular weight excluding hydrogens is 361 g/mol. The van der Waals surface area contributed by atoms with E-state index in [9.17, 15) is 27.1 Å². The van der Waals surface area contributed by atoms with Gasteiger partial charge in [0.1, 0.15) is 0 Å². The van der Waals surface area contributed by atoms with Gasteiger partial charge in [-0.1, -0.05) is 6.07 Å². The number of halogens is 5. The van der Waals surface area contributed by atoms with E-state index in [4.69, 9.17) is 9.90 Å². The third-order valence-corrected chi connectivity index (χ3v) is 4.38. The van der Waals surface area contributed by atoms with Crippen molar-refractivity contribution in [2.45, 2.75) is 50.9 Å². The van der Waals surface area contributed by atoms with Gasteiger partial charge >= 0.3 is 12.1 Å². The molecule has 1 aromatic carbocycles. The summed E-state index contributed by atoms with van der Waals surface area (Å²) in [6.45, 7) is 5.52. The van der Waals surface area contributed by atoms with Crippen molar-refractivity contribution in [3.05, 3.63) is 35.4 Å². The van der Waals surface area contributed by atoms with Crippen LogP contribution in [0.5, 0.6) is 0 Å². The number of carboxylic acid groups (broad SMARTS) is 1. The molecule has 0 aliphatic carbocycles. The van der Waals surface area contributed by atoms with Gasteiger partial charge in [-0.25, -0.2) is 13.6 Å². The second-order valence-electron chi connectivity index (χ2n) is 6.29. The number of aliphatic hydroxyl groups is 1. The maximum Gasteiger partial charge on any atom is 0.490 e. The van der Waals surface area contributed by atoms with Gasteiger partial charge < -0.3 is 10.2 Å². The number of benzene rings is 1. The fourth-order valence-corrected chi connectivity index (χ4v) is 2.72. The molecule has 4 nitrogen and oxygen atoms in total. The Kier molecular flexibility index (Phi) is 7.95. The van der Waals surface area contributed by atoms with Crippen molar-refractivity contribution in [1.29, 1.82) is 0 Å². The van der Waals surface area contributed by atoms with Gasteiger partial charge in [-0.05, 0) is 56.8 Å². The smallest absolute Gasteiger partial charge is 0.475 e. The first-order valence-corrected chi connectivity index (χ1v) is 8.10. The van der Waals surface area contributed by atoms with Crippen molar-refractivity contribution in [2.75, 3.05) is 13.1 Å². The van der Waals surface area contributed by atoms with Crippen LogP contribution in [0.2, 0.25) is 0 Å². The Labute approximate surface area is 148 Å². The van der Waals surface area contributed by atoms with Gasteiger partial charge in [-0.3, -0.25) is 4.90 Å². The van der Waals surface area contributed by atoms with Crippen molar-refractivity contribution in [3.63, 3.8) is 0 Å². The van der Waals surface area contributed by atoms with Crippen LogP contribution in [0.25, 0.3) is 0 Å². The molecule has 1 aromatic rings. The molecular formula is C17H22F5NO3. The standard InChI is InChI=1S/C15H21F2NO.C2HF3O2/c1-10(11(2)19)18-7-3-4-13(9-18)12-5-6-14(16)15(17)8-12;3-2(4,5)1(6)7/h5-6,8,10-11,13,19H,3-4,7,9H2,1-2H3;(H,6,7). The SMILES string of the molecule is CC(O)C(C)N1CCCC(c2ccc(F)c(F)c2)C1.O=C(O)C(F)(F)F. The highest BCUT2D eigenvalue weighted by atomic mass is 19.4. The van der Waals surface area contributed by atoms with Crippen molar-refractivity contribution in [1.82, 2.24) is 4.90 Å². The van der Waals surface area contributed by atoms with Crippen LogP contribution in [0.1, 0.15) is 38.2 Å². The second kappa shape index (κ2) is 9.27. The topological polar surface area (TPSA) is 60.8 Å². The van der Waals surface area contributed by atoms with Gasteiger partial charge in [-0.2, -0.15) is 13.2 Å². The fourth-order valence-electron chi connectivity index (χ4n) is 2.72. The van der Waals surface area contributed by atoms with Crippen molar-refractivity contribution in [3.8, 4) is 0 Å². The van der Waals surface area contributed by atoms with Crippen molar-refractivity contribution >= 4 is 5.97 Å². The van der Waals surface area contributed by atoms with E-state index >= 15 is 0 Å². The Morgan fingerprint density at radius 3 is 2.27 bits per heavy atom. The predicted octanol–water partition coefficient (Wildman–Crippen LogP) is 3.55. The highest BCUT2D eigenvalue weighted by Crippen LogP contribution is 2.29. The van der Waals surface area contributed by atoms with E-state index in [0.29, 0.717) is 0 Å². The summed E-state index contributed by atoms with van der Waals surface area (Å²) in [6.07, 6.45) is -3.47. The summed E-state index contributed by atoms with van der Waals surface area (Å²) in [6, 6.07) is 4.26. The zero-order valence-electron chi connectivity index (χ0n) is 14.4. The molecule has 1 aliphatic rings. The van der Waals surface area contributed by atoms with Gasteiger partial charge in [-0.15, -0.1) is 0 Å². The maximum atomic E-state index is 13.3. The minimum Gasteiger partial charge on any atom is -0.475 e. The molecule has 0 amide bonds. The van der Waals surface area contributed by atoms with Crippen LogP contribution in [0.3, 0.4) is 0 Å². The molecule has 0 aromatic heterocycles. The predicted molar refractivity (Wildman–Crippen MR) is 84.7 cm³/mol. The first-order chi connectivity index (χ1) is 11.9. The molecule has 0 bridgehead atoms. The Hall–Kier alpha value is -1.74. The normalized spacial score (nSPS) is 20.7. The Morgan fingerprint density at radius 2 is 1.81 bits per heavy atom. The lowest BCUT2D eigenvalue weighted by molar-refractivity contribution is -0.192. The Bertz CT molecular complexity index is 607. The first-order valence-electron chi connectivity index (χ1n) is 8.10. The average molecular weight is 383 g/mol. The summed E-state index contributed by atoms with van der Waals surface area (Å²) in [4.78, 5) is 11.1. The minimum absolute atomic E-state index is 0.0908. The van der Waals surface area contributed by atoms with Gasteiger partial charge in [0, 0.05) is 12.6 Å². The zero-order chi connectivity index (χ0) is 20.1. The van der Waals surface area contributed by atoms with Crippen molar-refractivity contribution in [2.24, 2.45) is 0 Å². The molecule has 1 aliphatic heterocycles. The lowest BCUT2D eigenvalue weighted by Crippen LogP contribution is -2.45. The molecule has 0 saturated carbocycles. The molecule has 3 unspecified atom stereocenters. The lowest BCUT2D eigenvalue weighted by atomic mass is 9.89. The molecule has 9 heteroatoms. The van der Waals surface area contributed by atoms with Crippen LogP contribution in [-0.2, 0) is 4.79 Å². The molecule has 148 valence electrons. The molecule has 1 heterocycles. The molecule has 0 spiro atoms. The maximum absolute atomic E-state index is 13.3. The van der Waals surface area contributed by atoms with Crippen LogP contribution in [-0.4, -0.2) is 52.5 Å². The quantitative estimate of drug-likeness (QED) is 0.784. The number of hydrogen-bond donors (Lipinski definition) is 2. The number of hydrogen-bond acceptors (Lipinski definition) is 3. The number of aliphatic hydroxyl groups excluding tert-OH is 1. The van der Waals surface area contributed by atoms with E-state index in [1.807, 2.05) is 6.92 Å². The molecule has 1 fully saturated rings. The van der Waals surface area contributed by atoms with Crippen molar-refractivity contribution < 1.29 is 37.0 Å². The number of carboxylic acids is 1. The summed E-state index contributed by atoms with van der Waals surface area (Å²) in [5.41, 5.74) is 0.849. The highest BCUT2D eigenvalue weighted by molar-refractivity contribution is 5.73. The van der Waals surface area contributed by atoms with Crippen LogP contribution in [0.15, 0.2) is 18.2 Å². The third-order valence-electron chi connectivity index (χ3n) is 4.38. The number of carbonyl (C=O) groups is 1. The lowest BCUT2D eigenvalue weighted by Gasteiger charge is -2.38. The highest BCUT2D eigenvalue weighted by Gasteiger charge is 2.38. The molecule has 0 radical (unpaired) electrons. The van der Waals surface area contributed by atoms with Gasteiger partial charge in [0.25, 0.3) is 0 Å². The van der Waals surface area contributed by atoms with Gasteiger partial charge in [0.05, 0.1) is 6.10 Å². The average Bonchev–Trinajstić information content (AvgIpc) is 2.56. The number of alkyl halides is 3. The Balaban J connectivity index is 0.000000412. The second-order valence-corrected chi connectivity index (χ2v) is 6.29. The number of nitrogens with zero attached hydrogens (tertiary/aromatic N) is 1. The fraction of sp³-hybridized carbons (Fsp3) is 0.588. The van der Waals surface area contributed by atoms with Crippen LogP contribution < -0.4 is 0 Å². The molecule has 2 rings (SSSR count). The van der Waals surface area contributed by atoms with E-state index in [0.717, 1.165) is 31.5 Å². The van der Waals surface area contributed by atoms with E-state index in [1.54, 1.807) is 13.0 Å². The third kappa shape index (κ3) is 6.53. The number of piperidine rings is 1. The zero-order valence-corrected chi connectivity index (χ0v) is 14.4. The monoisotopic (exact) mass is 383 g/mol. The van der Waals surface area contributed by atoms with Gasteiger partial charge in [0.15, 0.2) is 11.6 Å². The molecule has 2 N–H and O–H groups in total. The molecule has 3 atom stereocenters. The molecule has 26 heavy (non-hydrogen) atoms. The summed E-state index contributed by atoms with van der Waals surface area (Å²) >= 11 is 0. The summed E-state index contributed by atoms with van der Waals surface area (Å²) in [5, 5.41) is 16.8. The first kappa shape index (κ1) is 22.3. The van der Waals surface area contributed by atoms with Crippen LogP contribution >= 0.6 is 0 Å². The van der Waals surface area contributed by atoms with Crippen LogP contribution in [0, 0.1) is 11.6 Å². The molecule has 1 saturated heterocycles. The minimum atomic E-state index is -5.08. The number of aliphatic carboxylic acids is 1. The summed E-state index contributed by atoms with van der Waals surface area (Å²) < 4.78 is 58.0. The van der Waals surface area contributed by atoms with Gasteiger partial charge in [0.2, 0.25) is 0 Å². The van der Waals surface area contributed by atoms with E-state index in [2.05, 4.69) is 4.90 Å². The largest absolute Gasteiger partial charge is 0.490 e. The Morgan fingerprint density at radius 1 is 1.23 bits per heavy atom. The van der Waals surface area contributed by atoms with E-state index in [-0.39, 0.29) is 18.1 Å². The van der Waals surface area contributed by atoms with E-state index in [1.165, 1.54) is 12.1 Å². The summed E-state index contributed by atoms with van der Waals surface area (Å²) in [5.74, 6) is -4.12. The summed E-state index contributed by atoms with van der Waals surface area (Å²) in [7, 11) is 0.